The minimum atomic E-state index is -0.700. The molecule has 0 bridgehead atoms. The second-order valence-electron chi connectivity index (χ2n) is 4.93. The Bertz CT molecular complexity index is 409. The van der Waals surface area contributed by atoms with Gasteiger partial charge in [0.15, 0.2) is 0 Å². The summed E-state index contributed by atoms with van der Waals surface area (Å²) in [6, 6.07) is 3.79. The number of nitrogens with one attached hydrogen (secondary N) is 1. The normalized spacial score (nSPS) is 13.3. The number of rotatable bonds is 2. The van der Waals surface area contributed by atoms with Gasteiger partial charge in [-0.2, -0.15) is 0 Å². The summed E-state index contributed by atoms with van der Waals surface area (Å²) < 4.78 is 14.0. The molecule has 1 atom stereocenters. The van der Waals surface area contributed by atoms with E-state index in [1.807, 2.05) is 20.8 Å². The van der Waals surface area contributed by atoms with Crippen molar-refractivity contribution in [2.24, 2.45) is 11.1 Å². The third kappa shape index (κ3) is 3.51. The van der Waals surface area contributed by atoms with Gasteiger partial charge in [0, 0.05) is 4.47 Å². The number of hydrogen-bond acceptors (Lipinski definition) is 2. The molecule has 1 amide bonds. The van der Waals surface area contributed by atoms with Crippen LogP contribution in [0.1, 0.15) is 20.8 Å². The number of benzene rings is 1. The lowest BCUT2D eigenvalue weighted by Crippen LogP contribution is -2.45. The lowest BCUT2D eigenvalue weighted by atomic mass is 9.87. The van der Waals surface area contributed by atoms with Gasteiger partial charge in [-0.25, -0.2) is 4.39 Å². The fourth-order valence-corrected chi connectivity index (χ4v) is 1.65. The molecule has 0 aromatic heterocycles. The second-order valence-corrected chi connectivity index (χ2v) is 5.78. The molecule has 0 aliphatic rings. The van der Waals surface area contributed by atoms with E-state index in [4.69, 9.17) is 5.73 Å². The van der Waals surface area contributed by atoms with Crippen LogP contribution in [0.2, 0.25) is 0 Å². The number of amides is 1. The van der Waals surface area contributed by atoms with Crippen LogP contribution in [0.5, 0.6) is 0 Å². The Morgan fingerprint density at radius 2 is 2.06 bits per heavy atom. The van der Waals surface area contributed by atoms with Crippen molar-refractivity contribution in [1.29, 1.82) is 0 Å². The van der Waals surface area contributed by atoms with Crippen LogP contribution in [0.25, 0.3) is 0 Å². The summed E-state index contributed by atoms with van der Waals surface area (Å²) in [5, 5.41) is 2.50. The zero-order valence-electron chi connectivity index (χ0n) is 10.1. The first-order valence-corrected chi connectivity index (χ1v) is 6.03. The Hall–Kier alpha value is -0.940. The van der Waals surface area contributed by atoms with Crippen LogP contribution in [-0.2, 0) is 4.79 Å². The number of hydrogen-bond donors (Lipinski definition) is 2. The number of anilines is 1. The molecule has 0 saturated heterocycles. The molecule has 17 heavy (non-hydrogen) atoms. The van der Waals surface area contributed by atoms with Crippen molar-refractivity contribution < 1.29 is 9.18 Å². The highest BCUT2D eigenvalue weighted by atomic mass is 79.9. The molecule has 94 valence electrons. The first-order valence-electron chi connectivity index (χ1n) is 5.24. The molecule has 0 saturated carbocycles. The van der Waals surface area contributed by atoms with Crippen LogP contribution in [0.4, 0.5) is 10.1 Å². The molecule has 1 rings (SSSR count). The number of para-hydroxylation sites is 1. The molecule has 0 unspecified atom stereocenters. The summed E-state index contributed by atoms with van der Waals surface area (Å²) in [5.41, 5.74) is 5.54. The predicted octanol–water partition coefficient (Wildman–Crippen LogP) is 2.90. The van der Waals surface area contributed by atoms with E-state index in [-0.39, 0.29) is 11.1 Å². The largest absolute Gasteiger partial charge is 0.321 e. The molecule has 0 fully saturated rings. The maximum absolute atomic E-state index is 13.5. The summed E-state index contributed by atoms with van der Waals surface area (Å²) in [6.07, 6.45) is 0. The smallest absolute Gasteiger partial charge is 0.241 e. The average Bonchev–Trinajstić information content (AvgIpc) is 2.21. The fourth-order valence-electron chi connectivity index (χ4n) is 1.21. The van der Waals surface area contributed by atoms with Crippen LogP contribution >= 0.6 is 15.9 Å². The molecule has 1 aromatic carbocycles. The molecule has 1 aromatic rings. The lowest BCUT2D eigenvalue weighted by molar-refractivity contribution is -0.119. The highest BCUT2D eigenvalue weighted by molar-refractivity contribution is 9.10. The first-order chi connectivity index (χ1) is 7.73. The minimum absolute atomic E-state index is 0.122. The van der Waals surface area contributed by atoms with E-state index < -0.39 is 17.8 Å². The number of carbonyl (C=O) groups excluding carboxylic acids is 1. The predicted molar refractivity (Wildman–Crippen MR) is 70.2 cm³/mol. The van der Waals surface area contributed by atoms with Gasteiger partial charge in [-0.1, -0.05) is 26.8 Å². The van der Waals surface area contributed by atoms with Gasteiger partial charge in [0.1, 0.15) is 5.82 Å². The lowest BCUT2D eigenvalue weighted by Gasteiger charge is -2.26. The highest BCUT2D eigenvalue weighted by Crippen LogP contribution is 2.26. The molecule has 0 aliphatic heterocycles. The molecular formula is C12H16BrFN2O. The Morgan fingerprint density at radius 3 is 2.53 bits per heavy atom. The Morgan fingerprint density at radius 1 is 1.47 bits per heavy atom. The summed E-state index contributed by atoms with van der Waals surface area (Å²) in [7, 11) is 0. The summed E-state index contributed by atoms with van der Waals surface area (Å²) in [4.78, 5) is 11.8. The van der Waals surface area contributed by atoms with Gasteiger partial charge in [-0.05, 0) is 33.5 Å². The Kier molecular flexibility index (Phi) is 4.27. The number of nitrogens with two attached hydrogens (primary N) is 1. The van der Waals surface area contributed by atoms with Crippen molar-refractivity contribution >= 4 is 27.5 Å². The molecule has 3 nitrogen and oxygen atoms in total. The first kappa shape index (κ1) is 14.1. The van der Waals surface area contributed by atoms with E-state index in [9.17, 15) is 9.18 Å². The van der Waals surface area contributed by atoms with Crippen molar-refractivity contribution in [1.82, 2.24) is 0 Å². The van der Waals surface area contributed by atoms with Crippen molar-refractivity contribution in [3.63, 3.8) is 0 Å². The van der Waals surface area contributed by atoms with Gasteiger partial charge in [0.25, 0.3) is 0 Å². The van der Waals surface area contributed by atoms with Crippen LogP contribution < -0.4 is 11.1 Å². The summed E-state index contributed by atoms with van der Waals surface area (Å²) >= 11 is 3.18. The van der Waals surface area contributed by atoms with Gasteiger partial charge >= 0.3 is 0 Å². The summed E-state index contributed by atoms with van der Waals surface area (Å²) in [5.74, 6) is -0.892. The SMILES string of the molecule is CC(C)(C)[C@H](N)C(=O)Nc1c(F)cccc1Br. The third-order valence-corrected chi connectivity index (χ3v) is 3.09. The van der Waals surface area contributed by atoms with Crippen molar-refractivity contribution in [3.8, 4) is 0 Å². The van der Waals surface area contributed by atoms with Crippen LogP contribution in [0.3, 0.4) is 0 Å². The highest BCUT2D eigenvalue weighted by Gasteiger charge is 2.28. The van der Waals surface area contributed by atoms with E-state index in [0.717, 1.165) is 0 Å². The Labute approximate surface area is 109 Å². The van der Waals surface area contributed by atoms with Crippen molar-refractivity contribution in [2.45, 2.75) is 26.8 Å². The standard InChI is InChI=1S/C12H16BrFN2O/c1-12(2,3)10(15)11(17)16-9-7(13)5-4-6-8(9)14/h4-6,10H,15H2,1-3H3,(H,16,17)/t10-/m1/s1. The molecule has 5 heteroatoms. The van der Waals surface area contributed by atoms with E-state index in [1.54, 1.807) is 12.1 Å². The third-order valence-electron chi connectivity index (χ3n) is 2.43. The molecule has 0 aliphatic carbocycles. The molecule has 0 spiro atoms. The molecule has 3 N–H and O–H groups in total. The maximum atomic E-state index is 13.5. The zero-order chi connectivity index (χ0) is 13.2. The Balaban J connectivity index is 2.89. The van der Waals surface area contributed by atoms with Crippen LogP contribution in [0.15, 0.2) is 22.7 Å². The van der Waals surface area contributed by atoms with Gasteiger partial charge in [-0.3, -0.25) is 4.79 Å². The topological polar surface area (TPSA) is 55.1 Å². The van der Waals surface area contributed by atoms with E-state index >= 15 is 0 Å². The van der Waals surface area contributed by atoms with Crippen LogP contribution in [0, 0.1) is 11.2 Å². The van der Waals surface area contributed by atoms with E-state index in [2.05, 4.69) is 21.2 Å². The van der Waals surface area contributed by atoms with Gasteiger partial charge in [0.05, 0.1) is 11.7 Å². The van der Waals surface area contributed by atoms with Gasteiger partial charge < -0.3 is 11.1 Å². The quantitative estimate of drug-likeness (QED) is 0.882. The van der Waals surface area contributed by atoms with E-state index in [0.29, 0.717) is 4.47 Å². The average molecular weight is 303 g/mol. The van der Waals surface area contributed by atoms with Crippen LogP contribution in [-0.4, -0.2) is 11.9 Å². The zero-order valence-corrected chi connectivity index (χ0v) is 11.6. The van der Waals surface area contributed by atoms with Gasteiger partial charge in [0.2, 0.25) is 5.91 Å². The van der Waals surface area contributed by atoms with Crippen molar-refractivity contribution in [2.75, 3.05) is 5.32 Å². The minimum Gasteiger partial charge on any atom is -0.321 e. The number of carbonyl (C=O) groups is 1. The second kappa shape index (κ2) is 5.14. The molecular weight excluding hydrogens is 287 g/mol. The van der Waals surface area contributed by atoms with Gasteiger partial charge in [-0.15, -0.1) is 0 Å². The maximum Gasteiger partial charge on any atom is 0.241 e. The monoisotopic (exact) mass is 302 g/mol. The fraction of sp³-hybridized carbons (Fsp3) is 0.417. The summed E-state index contributed by atoms with van der Waals surface area (Å²) in [6.45, 7) is 5.56. The number of halogens is 2. The molecule has 0 radical (unpaired) electrons. The molecule has 0 heterocycles. The van der Waals surface area contributed by atoms with E-state index in [1.165, 1.54) is 6.07 Å². The van der Waals surface area contributed by atoms with Crippen molar-refractivity contribution in [3.05, 3.63) is 28.5 Å².